The number of anilines is 1. The number of thioether (sulfide) groups is 1. The molecule has 0 saturated carbocycles. The first-order valence-corrected chi connectivity index (χ1v) is 10.0. The van der Waals surface area contributed by atoms with Gasteiger partial charge in [-0.1, -0.05) is 41.9 Å². The fourth-order valence-electron chi connectivity index (χ4n) is 2.44. The van der Waals surface area contributed by atoms with Crippen LogP contribution in [-0.4, -0.2) is 31.4 Å². The summed E-state index contributed by atoms with van der Waals surface area (Å²) in [5, 5.41) is 12.9. The zero-order chi connectivity index (χ0) is 19.2. The van der Waals surface area contributed by atoms with Gasteiger partial charge in [-0.25, -0.2) is 0 Å². The van der Waals surface area contributed by atoms with Crippen molar-refractivity contribution in [3.63, 3.8) is 0 Å². The quantitative estimate of drug-likeness (QED) is 0.555. The molecule has 6 nitrogen and oxygen atoms in total. The molecule has 0 bridgehead atoms. The summed E-state index contributed by atoms with van der Waals surface area (Å²) in [5.41, 5.74) is 1.43. The van der Waals surface area contributed by atoms with E-state index in [4.69, 9.17) is 23.2 Å². The average molecular weight is 422 g/mol. The average Bonchev–Trinajstić information content (AvgIpc) is 3.07. The van der Waals surface area contributed by atoms with Crippen LogP contribution in [0.5, 0.6) is 0 Å². The zero-order valence-corrected chi connectivity index (χ0v) is 16.9. The SMILES string of the molecule is CCCn1c(SCC(=O)Nc2cc(Cl)ccc2Cl)nnc1-c1ccncc1. The molecule has 9 heteroatoms. The maximum absolute atomic E-state index is 12.3. The number of hydrogen-bond donors (Lipinski definition) is 1. The van der Waals surface area contributed by atoms with E-state index >= 15 is 0 Å². The van der Waals surface area contributed by atoms with Crippen LogP contribution in [0.1, 0.15) is 13.3 Å². The van der Waals surface area contributed by atoms with Gasteiger partial charge in [0.05, 0.1) is 16.5 Å². The fourth-order valence-corrected chi connectivity index (χ4v) is 3.55. The number of pyridine rings is 1. The monoisotopic (exact) mass is 421 g/mol. The maximum Gasteiger partial charge on any atom is 0.234 e. The molecule has 0 aliphatic heterocycles. The van der Waals surface area contributed by atoms with E-state index in [0.29, 0.717) is 20.9 Å². The first-order chi connectivity index (χ1) is 13.1. The molecule has 0 fully saturated rings. The van der Waals surface area contributed by atoms with Crippen molar-refractivity contribution in [2.45, 2.75) is 25.0 Å². The van der Waals surface area contributed by atoms with E-state index in [1.54, 1.807) is 30.6 Å². The van der Waals surface area contributed by atoms with Gasteiger partial charge in [0, 0.05) is 29.5 Å². The van der Waals surface area contributed by atoms with Gasteiger partial charge in [0.2, 0.25) is 5.91 Å². The molecule has 27 heavy (non-hydrogen) atoms. The van der Waals surface area contributed by atoms with Crippen LogP contribution in [0.3, 0.4) is 0 Å². The Bertz CT molecular complexity index is 933. The van der Waals surface area contributed by atoms with E-state index < -0.39 is 0 Å². The highest BCUT2D eigenvalue weighted by atomic mass is 35.5. The van der Waals surface area contributed by atoms with Crippen LogP contribution in [-0.2, 0) is 11.3 Å². The molecule has 0 radical (unpaired) electrons. The lowest BCUT2D eigenvalue weighted by Gasteiger charge is -2.10. The smallest absolute Gasteiger partial charge is 0.234 e. The van der Waals surface area contributed by atoms with Crippen LogP contribution in [0.2, 0.25) is 10.0 Å². The summed E-state index contributed by atoms with van der Waals surface area (Å²) >= 11 is 13.4. The third-order valence-electron chi connectivity index (χ3n) is 3.64. The minimum atomic E-state index is -0.194. The molecule has 2 heterocycles. The largest absolute Gasteiger partial charge is 0.324 e. The van der Waals surface area contributed by atoms with Crippen molar-refractivity contribution in [3.8, 4) is 11.4 Å². The molecule has 0 spiro atoms. The van der Waals surface area contributed by atoms with Gasteiger partial charge >= 0.3 is 0 Å². The minimum absolute atomic E-state index is 0.182. The lowest BCUT2D eigenvalue weighted by molar-refractivity contribution is -0.113. The third-order valence-corrected chi connectivity index (χ3v) is 5.17. The number of carbonyl (C=O) groups excluding carboxylic acids is 1. The molecular formula is C18H17Cl2N5OS. The Labute approximate surface area is 171 Å². The van der Waals surface area contributed by atoms with Crippen molar-refractivity contribution in [1.82, 2.24) is 19.7 Å². The summed E-state index contributed by atoms with van der Waals surface area (Å²) in [5.74, 6) is 0.752. The van der Waals surface area contributed by atoms with E-state index in [1.807, 2.05) is 16.7 Å². The Morgan fingerprint density at radius 1 is 1.19 bits per heavy atom. The number of amides is 1. The van der Waals surface area contributed by atoms with E-state index in [2.05, 4.69) is 27.4 Å². The van der Waals surface area contributed by atoms with E-state index in [0.717, 1.165) is 24.4 Å². The van der Waals surface area contributed by atoms with Gasteiger partial charge in [-0.2, -0.15) is 0 Å². The Morgan fingerprint density at radius 2 is 1.96 bits per heavy atom. The molecule has 1 amide bonds. The van der Waals surface area contributed by atoms with E-state index in [1.165, 1.54) is 11.8 Å². The number of rotatable bonds is 7. The molecule has 3 aromatic rings. The number of hydrogen-bond acceptors (Lipinski definition) is 5. The first-order valence-electron chi connectivity index (χ1n) is 8.29. The van der Waals surface area contributed by atoms with Gasteiger partial charge in [0.15, 0.2) is 11.0 Å². The number of aromatic nitrogens is 4. The van der Waals surface area contributed by atoms with Gasteiger partial charge in [0.25, 0.3) is 0 Å². The summed E-state index contributed by atoms with van der Waals surface area (Å²) in [6.45, 7) is 2.84. The van der Waals surface area contributed by atoms with Crippen LogP contribution in [0.25, 0.3) is 11.4 Å². The van der Waals surface area contributed by atoms with Crippen molar-refractivity contribution in [3.05, 3.63) is 52.8 Å². The van der Waals surface area contributed by atoms with E-state index in [9.17, 15) is 4.79 Å². The topological polar surface area (TPSA) is 72.7 Å². The molecular weight excluding hydrogens is 405 g/mol. The van der Waals surface area contributed by atoms with Gasteiger partial charge < -0.3 is 9.88 Å². The predicted octanol–water partition coefficient (Wildman–Crippen LogP) is 4.79. The summed E-state index contributed by atoms with van der Waals surface area (Å²) < 4.78 is 2.01. The number of halogens is 2. The molecule has 0 saturated heterocycles. The molecule has 1 aromatic carbocycles. The Kier molecular flexibility index (Phi) is 6.71. The third kappa shape index (κ3) is 5.00. The van der Waals surface area contributed by atoms with Crippen molar-refractivity contribution >= 4 is 46.6 Å². The second kappa shape index (κ2) is 9.21. The second-order valence-corrected chi connectivity index (χ2v) is 7.44. The van der Waals surface area contributed by atoms with E-state index in [-0.39, 0.29) is 11.7 Å². The van der Waals surface area contributed by atoms with Gasteiger partial charge in [-0.05, 0) is 36.8 Å². The Morgan fingerprint density at radius 3 is 2.70 bits per heavy atom. The molecule has 0 aliphatic carbocycles. The summed E-state index contributed by atoms with van der Waals surface area (Å²) in [6, 6.07) is 8.71. The van der Waals surface area contributed by atoms with Crippen molar-refractivity contribution < 1.29 is 4.79 Å². The predicted molar refractivity (Wildman–Crippen MR) is 109 cm³/mol. The summed E-state index contributed by atoms with van der Waals surface area (Å²) in [7, 11) is 0. The van der Waals surface area contributed by atoms with Gasteiger partial charge in [-0.3, -0.25) is 9.78 Å². The number of benzene rings is 1. The highest BCUT2D eigenvalue weighted by Crippen LogP contribution is 2.27. The summed E-state index contributed by atoms with van der Waals surface area (Å²) in [4.78, 5) is 16.3. The number of carbonyl (C=O) groups is 1. The molecule has 3 rings (SSSR count). The van der Waals surface area contributed by atoms with Crippen LogP contribution >= 0.6 is 35.0 Å². The van der Waals surface area contributed by atoms with Crippen LogP contribution in [0.4, 0.5) is 5.69 Å². The van der Waals surface area contributed by atoms with Crippen molar-refractivity contribution in [2.24, 2.45) is 0 Å². The fraction of sp³-hybridized carbons (Fsp3) is 0.222. The molecule has 0 aliphatic rings. The highest BCUT2D eigenvalue weighted by molar-refractivity contribution is 7.99. The van der Waals surface area contributed by atoms with Crippen molar-refractivity contribution in [1.29, 1.82) is 0 Å². The molecule has 0 unspecified atom stereocenters. The van der Waals surface area contributed by atoms with Crippen molar-refractivity contribution in [2.75, 3.05) is 11.1 Å². The molecule has 1 N–H and O–H groups in total. The van der Waals surface area contributed by atoms with Crippen LogP contribution in [0, 0.1) is 0 Å². The maximum atomic E-state index is 12.3. The lowest BCUT2D eigenvalue weighted by atomic mass is 10.2. The number of nitrogens with zero attached hydrogens (tertiary/aromatic N) is 4. The van der Waals surface area contributed by atoms with Crippen LogP contribution < -0.4 is 5.32 Å². The lowest BCUT2D eigenvalue weighted by Crippen LogP contribution is -2.15. The van der Waals surface area contributed by atoms with Gasteiger partial charge in [-0.15, -0.1) is 10.2 Å². The van der Waals surface area contributed by atoms with Gasteiger partial charge in [0.1, 0.15) is 0 Å². The molecule has 140 valence electrons. The highest BCUT2D eigenvalue weighted by Gasteiger charge is 2.15. The molecule has 2 aromatic heterocycles. The summed E-state index contributed by atoms with van der Waals surface area (Å²) in [6.07, 6.45) is 4.36. The number of nitrogens with one attached hydrogen (secondary N) is 1. The standard InChI is InChI=1S/C18H17Cl2N5OS/c1-2-9-25-17(12-5-7-21-8-6-12)23-24-18(25)27-11-16(26)22-15-10-13(19)3-4-14(15)20/h3-8,10H,2,9,11H2,1H3,(H,22,26). The zero-order valence-electron chi connectivity index (χ0n) is 14.5. The van der Waals surface area contributed by atoms with Crippen LogP contribution in [0.15, 0.2) is 47.9 Å². The second-order valence-electron chi connectivity index (χ2n) is 5.65. The first kappa shape index (κ1) is 19.7. The normalized spacial score (nSPS) is 10.8. The molecule has 0 atom stereocenters. The Hall–Kier alpha value is -2.09. The minimum Gasteiger partial charge on any atom is -0.324 e. The Balaban J connectivity index is 1.71.